The first-order chi connectivity index (χ1) is 9.56. The molecule has 1 aliphatic rings. The summed E-state index contributed by atoms with van der Waals surface area (Å²) in [5.41, 5.74) is 6.89. The Balaban J connectivity index is 2.23. The van der Waals surface area contributed by atoms with Crippen LogP contribution in [0.1, 0.15) is 37.6 Å². The Kier molecular flexibility index (Phi) is 4.37. The second-order valence-corrected chi connectivity index (χ2v) is 5.15. The SMILES string of the molecule is CCC(C)CN(CC)C(=O)c1cc2c(cc1N)OCO2. The van der Waals surface area contributed by atoms with Crippen molar-refractivity contribution in [2.75, 3.05) is 25.6 Å². The van der Waals surface area contributed by atoms with Gasteiger partial charge in [-0.2, -0.15) is 0 Å². The first-order valence-corrected chi connectivity index (χ1v) is 7.05. The summed E-state index contributed by atoms with van der Waals surface area (Å²) in [6, 6.07) is 3.34. The lowest BCUT2D eigenvalue weighted by atomic mass is 10.1. The van der Waals surface area contributed by atoms with E-state index in [1.54, 1.807) is 12.1 Å². The van der Waals surface area contributed by atoms with Crippen molar-refractivity contribution in [1.82, 2.24) is 4.90 Å². The predicted molar refractivity (Wildman–Crippen MR) is 78.0 cm³/mol. The molecule has 0 aliphatic carbocycles. The van der Waals surface area contributed by atoms with Gasteiger partial charge in [0.15, 0.2) is 11.5 Å². The fourth-order valence-electron chi connectivity index (χ4n) is 2.17. The lowest BCUT2D eigenvalue weighted by Crippen LogP contribution is -2.34. The highest BCUT2D eigenvalue weighted by atomic mass is 16.7. The van der Waals surface area contributed by atoms with Crippen LogP contribution in [-0.4, -0.2) is 30.7 Å². The zero-order valence-electron chi connectivity index (χ0n) is 12.3. The van der Waals surface area contributed by atoms with Crippen LogP contribution in [0.25, 0.3) is 0 Å². The standard InChI is InChI=1S/C15H22N2O3/c1-4-10(3)8-17(5-2)15(18)11-6-13-14(7-12(11)16)20-9-19-13/h6-7,10H,4-5,8-9,16H2,1-3H3. The van der Waals surface area contributed by atoms with E-state index in [9.17, 15) is 4.79 Å². The summed E-state index contributed by atoms with van der Waals surface area (Å²) in [6.45, 7) is 7.81. The second kappa shape index (κ2) is 6.03. The maximum atomic E-state index is 12.6. The minimum absolute atomic E-state index is 0.0522. The summed E-state index contributed by atoms with van der Waals surface area (Å²) in [5, 5.41) is 0. The van der Waals surface area contributed by atoms with Crippen molar-refractivity contribution >= 4 is 11.6 Å². The average molecular weight is 278 g/mol. The number of carbonyl (C=O) groups is 1. The van der Waals surface area contributed by atoms with Crippen molar-refractivity contribution in [2.24, 2.45) is 5.92 Å². The normalized spacial score (nSPS) is 14.2. The highest BCUT2D eigenvalue weighted by Gasteiger charge is 2.23. The number of carbonyl (C=O) groups excluding carboxylic acids is 1. The molecule has 0 radical (unpaired) electrons. The van der Waals surface area contributed by atoms with E-state index in [1.165, 1.54) is 0 Å². The number of hydrogen-bond acceptors (Lipinski definition) is 4. The van der Waals surface area contributed by atoms with E-state index in [2.05, 4.69) is 13.8 Å². The summed E-state index contributed by atoms with van der Waals surface area (Å²) < 4.78 is 10.6. The Bertz CT molecular complexity index is 502. The van der Waals surface area contributed by atoms with E-state index < -0.39 is 0 Å². The summed E-state index contributed by atoms with van der Waals surface area (Å²) in [7, 11) is 0. The molecule has 5 nitrogen and oxygen atoms in total. The molecule has 0 fully saturated rings. The Hall–Kier alpha value is -1.91. The van der Waals surface area contributed by atoms with Gasteiger partial charge in [0.1, 0.15) is 0 Å². The van der Waals surface area contributed by atoms with Crippen LogP contribution in [0.2, 0.25) is 0 Å². The molecule has 0 saturated heterocycles. The fourth-order valence-corrected chi connectivity index (χ4v) is 2.17. The zero-order valence-corrected chi connectivity index (χ0v) is 12.3. The van der Waals surface area contributed by atoms with E-state index in [-0.39, 0.29) is 12.7 Å². The zero-order chi connectivity index (χ0) is 14.7. The molecule has 20 heavy (non-hydrogen) atoms. The quantitative estimate of drug-likeness (QED) is 0.840. The molecule has 1 unspecified atom stereocenters. The van der Waals surface area contributed by atoms with E-state index in [0.717, 1.165) is 13.0 Å². The molecule has 1 aromatic rings. The molecule has 5 heteroatoms. The van der Waals surface area contributed by atoms with Crippen LogP contribution in [0.4, 0.5) is 5.69 Å². The molecule has 1 atom stereocenters. The topological polar surface area (TPSA) is 64.8 Å². The largest absolute Gasteiger partial charge is 0.454 e. The summed E-state index contributed by atoms with van der Waals surface area (Å²) in [6.07, 6.45) is 1.04. The van der Waals surface area contributed by atoms with Crippen LogP contribution in [0.3, 0.4) is 0 Å². The van der Waals surface area contributed by atoms with Crippen LogP contribution in [-0.2, 0) is 0 Å². The second-order valence-electron chi connectivity index (χ2n) is 5.15. The van der Waals surface area contributed by atoms with Gasteiger partial charge in [-0.25, -0.2) is 0 Å². The van der Waals surface area contributed by atoms with Crippen LogP contribution < -0.4 is 15.2 Å². The first-order valence-electron chi connectivity index (χ1n) is 7.05. The van der Waals surface area contributed by atoms with Gasteiger partial charge in [0, 0.05) is 24.8 Å². The lowest BCUT2D eigenvalue weighted by molar-refractivity contribution is 0.0741. The average Bonchev–Trinajstić information content (AvgIpc) is 2.89. The van der Waals surface area contributed by atoms with Crippen LogP contribution in [0.15, 0.2) is 12.1 Å². The smallest absolute Gasteiger partial charge is 0.256 e. The monoisotopic (exact) mass is 278 g/mol. The summed E-state index contributed by atoms with van der Waals surface area (Å²) in [4.78, 5) is 14.4. The molecule has 2 rings (SSSR count). The number of hydrogen-bond donors (Lipinski definition) is 1. The van der Waals surface area contributed by atoms with Gasteiger partial charge < -0.3 is 20.1 Å². The van der Waals surface area contributed by atoms with Gasteiger partial charge in [-0.15, -0.1) is 0 Å². The summed E-state index contributed by atoms with van der Waals surface area (Å²) in [5.74, 6) is 1.60. The van der Waals surface area contributed by atoms with Crippen molar-refractivity contribution in [1.29, 1.82) is 0 Å². The van der Waals surface area contributed by atoms with Gasteiger partial charge in [0.2, 0.25) is 6.79 Å². The molecule has 0 bridgehead atoms. The van der Waals surface area contributed by atoms with Crippen LogP contribution >= 0.6 is 0 Å². The third kappa shape index (κ3) is 2.81. The molecule has 0 spiro atoms. The number of benzene rings is 1. The molecule has 1 aromatic carbocycles. The highest BCUT2D eigenvalue weighted by Crippen LogP contribution is 2.36. The van der Waals surface area contributed by atoms with Crippen molar-refractivity contribution in [3.63, 3.8) is 0 Å². The van der Waals surface area contributed by atoms with Gasteiger partial charge in [0.05, 0.1) is 5.56 Å². The van der Waals surface area contributed by atoms with Gasteiger partial charge in [-0.3, -0.25) is 4.79 Å². The summed E-state index contributed by atoms with van der Waals surface area (Å²) >= 11 is 0. The maximum Gasteiger partial charge on any atom is 0.256 e. The third-order valence-corrected chi connectivity index (χ3v) is 3.67. The minimum atomic E-state index is -0.0522. The fraction of sp³-hybridized carbons (Fsp3) is 0.533. The van der Waals surface area contributed by atoms with E-state index in [4.69, 9.17) is 15.2 Å². The van der Waals surface area contributed by atoms with E-state index in [1.807, 2.05) is 11.8 Å². The number of rotatable bonds is 5. The highest BCUT2D eigenvalue weighted by molar-refractivity contribution is 6.00. The Labute approximate surface area is 119 Å². The molecular weight excluding hydrogens is 256 g/mol. The number of ether oxygens (including phenoxy) is 2. The molecule has 2 N–H and O–H groups in total. The van der Waals surface area contributed by atoms with Gasteiger partial charge in [-0.05, 0) is 18.9 Å². The molecule has 1 amide bonds. The van der Waals surface area contributed by atoms with Gasteiger partial charge in [-0.1, -0.05) is 20.3 Å². The van der Waals surface area contributed by atoms with Crippen LogP contribution in [0.5, 0.6) is 11.5 Å². The Morgan fingerprint density at radius 1 is 1.35 bits per heavy atom. The lowest BCUT2D eigenvalue weighted by Gasteiger charge is -2.24. The van der Waals surface area contributed by atoms with E-state index in [0.29, 0.717) is 35.2 Å². The van der Waals surface area contributed by atoms with E-state index >= 15 is 0 Å². The van der Waals surface area contributed by atoms with Crippen molar-refractivity contribution < 1.29 is 14.3 Å². The predicted octanol–water partition coefficient (Wildman–Crippen LogP) is 2.51. The minimum Gasteiger partial charge on any atom is -0.454 e. The number of amides is 1. The molecule has 0 aromatic heterocycles. The molecule has 1 heterocycles. The number of anilines is 1. The third-order valence-electron chi connectivity index (χ3n) is 3.67. The molecule has 1 aliphatic heterocycles. The van der Waals surface area contributed by atoms with Crippen LogP contribution in [0, 0.1) is 5.92 Å². The molecular formula is C15H22N2O3. The van der Waals surface area contributed by atoms with Gasteiger partial charge in [0.25, 0.3) is 5.91 Å². The Morgan fingerprint density at radius 2 is 2.00 bits per heavy atom. The van der Waals surface area contributed by atoms with Crippen molar-refractivity contribution in [2.45, 2.75) is 27.2 Å². The van der Waals surface area contributed by atoms with Crippen molar-refractivity contribution in [3.05, 3.63) is 17.7 Å². The number of nitrogens with two attached hydrogens (primary N) is 1. The number of nitrogen functional groups attached to an aromatic ring is 1. The Morgan fingerprint density at radius 3 is 2.60 bits per heavy atom. The van der Waals surface area contributed by atoms with Gasteiger partial charge >= 0.3 is 0 Å². The number of nitrogens with zero attached hydrogens (tertiary/aromatic N) is 1. The molecule has 110 valence electrons. The maximum absolute atomic E-state index is 12.6. The van der Waals surface area contributed by atoms with Crippen molar-refractivity contribution in [3.8, 4) is 11.5 Å². The molecule has 0 saturated carbocycles. The number of fused-ring (bicyclic) bond motifs is 1. The first kappa shape index (κ1) is 14.5.